The van der Waals surface area contributed by atoms with Gasteiger partial charge in [-0.05, 0) is 62.7 Å². The number of aryl methyl sites for hydroxylation is 1. The highest BCUT2D eigenvalue weighted by Crippen LogP contribution is 2.33. The predicted molar refractivity (Wildman–Crippen MR) is 118 cm³/mol. The SMILES string of the molecule is CCN(CC)C(=O)CN1C(=O)COc2ccc(C(=O)COc3ccc(Cl)cc3C)cc21. The Morgan fingerprint density at radius 2 is 1.90 bits per heavy atom. The molecule has 0 N–H and O–H groups in total. The van der Waals surface area contributed by atoms with E-state index in [1.165, 1.54) is 4.90 Å². The van der Waals surface area contributed by atoms with Crippen LogP contribution in [0.25, 0.3) is 0 Å². The largest absolute Gasteiger partial charge is 0.485 e. The third-order valence-corrected chi connectivity index (χ3v) is 5.36. The third kappa shape index (κ3) is 5.17. The maximum Gasteiger partial charge on any atom is 0.265 e. The number of nitrogens with zero attached hydrogens (tertiary/aromatic N) is 2. The lowest BCUT2D eigenvalue weighted by Crippen LogP contribution is -2.46. The Morgan fingerprint density at radius 3 is 2.58 bits per heavy atom. The van der Waals surface area contributed by atoms with Crippen LogP contribution >= 0.6 is 11.6 Å². The topological polar surface area (TPSA) is 76.2 Å². The summed E-state index contributed by atoms with van der Waals surface area (Å²) < 4.78 is 11.1. The first kappa shape index (κ1) is 22.6. The number of ether oxygens (including phenoxy) is 2. The lowest BCUT2D eigenvalue weighted by molar-refractivity contribution is -0.131. The first-order chi connectivity index (χ1) is 14.8. The molecule has 0 saturated carbocycles. The van der Waals surface area contributed by atoms with Crippen molar-refractivity contribution in [3.05, 3.63) is 52.5 Å². The van der Waals surface area contributed by atoms with E-state index in [0.717, 1.165) is 5.56 Å². The fraction of sp³-hybridized carbons (Fsp3) is 0.348. The van der Waals surface area contributed by atoms with Crippen molar-refractivity contribution in [3.8, 4) is 11.5 Å². The standard InChI is InChI=1S/C23H25ClN2O5/c1-4-25(5-2)22(28)12-26-18-11-16(6-8-21(18)31-14-23(26)29)19(27)13-30-20-9-7-17(24)10-15(20)3/h6-11H,4-5,12-14H2,1-3H3. The molecule has 2 aromatic rings. The zero-order chi connectivity index (χ0) is 22.5. The van der Waals surface area contributed by atoms with E-state index in [4.69, 9.17) is 21.1 Å². The Hall–Kier alpha value is -3.06. The minimum absolute atomic E-state index is 0.102. The molecule has 0 saturated heterocycles. The van der Waals surface area contributed by atoms with E-state index >= 15 is 0 Å². The Bertz CT molecular complexity index is 1000. The molecule has 2 amide bonds. The number of benzene rings is 2. The van der Waals surface area contributed by atoms with Crippen molar-refractivity contribution in [3.63, 3.8) is 0 Å². The van der Waals surface area contributed by atoms with Crippen molar-refractivity contribution in [2.75, 3.05) is 37.7 Å². The third-order valence-electron chi connectivity index (χ3n) is 5.13. The smallest absolute Gasteiger partial charge is 0.265 e. The van der Waals surface area contributed by atoms with E-state index in [1.54, 1.807) is 41.3 Å². The van der Waals surface area contributed by atoms with E-state index in [0.29, 0.717) is 40.9 Å². The van der Waals surface area contributed by atoms with Crippen LogP contribution in [0, 0.1) is 6.92 Å². The zero-order valence-electron chi connectivity index (χ0n) is 17.8. The number of anilines is 1. The minimum Gasteiger partial charge on any atom is -0.485 e. The number of rotatable bonds is 8. The monoisotopic (exact) mass is 444 g/mol. The Kier molecular flexibility index (Phi) is 7.17. The Labute approximate surface area is 186 Å². The van der Waals surface area contributed by atoms with E-state index in [9.17, 15) is 14.4 Å². The molecule has 0 atom stereocenters. The normalized spacial score (nSPS) is 12.8. The van der Waals surface area contributed by atoms with Crippen LogP contribution in [0.15, 0.2) is 36.4 Å². The maximum absolute atomic E-state index is 12.7. The quantitative estimate of drug-likeness (QED) is 0.582. The van der Waals surface area contributed by atoms with E-state index < -0.39 is 0 Å². The molecular formula is C23H25ClN2O5. The van der Waals surface area contributed by atoms with Crippen molar-refractivity contribution in [1.29, 1.82) is 0 Å². The molecule has 31 heavy (non-hydrogen) atoms. The second kappa shape index (κ2) is 9.83. The Morgan fingerprint density at radius 1 is 1.16 bits per heavy atom. The van der Waals surface area contributed by atoms with Gasteiger partial charge in [-0.2, -0.15) is 0 Å². The number of hydrogen-bond donors (Lipinski definition) is 0. The summed E-state index contributed by atoms with van der Waals surface area (Å²) in [5.74, 6) is 0.277. The van der Waals surface area contributed by atoms with E-state index in [2.05, 4.69) is 0 Å². The number of amides is 2. The second-order valence-corrected chi connectivity index (χ2v) is 7.58. The van der Waals surface area contributed by atoms with Crippen molar-refractivity contribution in [2.24, 2.45) is 0 Å². The van der Waals surface area contributed by atoms with Gasteiger partial charge >= 0.3 is 0 Å². The summed E-state index contributed by atoms with van der Waals surface area (Å²) in [4.78, 5) is 40.8. The Balaban J connectivity index is 1.78. The number of carbonyl (C=O) groups is 3. The number of likely N-dealkylation sites (N-methyl/N-ethyl adjacent to an activating group) is 1. The van der Waals surface area contributed by atoms with Crippen LogP contribution in [-0.4, -0.2) is 55.3 Å². The molecule has 1 aliphatic rings. The molecule has 7 nitrogen and oxygen atoms in total. The van der Waals surface area contributed by atoms with Gasteiger partial charge in [-0.1, -0.05) is 11.6 Å². The van der Waals surface area contributed by atoms with Gasteiger partial charge in [0.05, 0.1) is 5.69 Å². The second-order valence-electron chi connectivity index (χ2n) is 7.14. The molecule has 0 aromatic heterocycles. The van der Waals surface area contributed by atoms with Crippen LogP contribution < -0.4 is 14.4 Å². The number of hydrogen-bond acceptors (Lipinski definition) is 5. The van der Waals surface area contributed by atoms with Crippen molar-refractivity contribution < 1.29 is 23.9 Å². The van der Waals surface area contributed by atoms with Gasteiger partial charge in [0.1, 0.15) is 18.0 Å². The molecule has 0 radical (unpaired) electrons. The summed E-state index contributed by atoms with van der Waals surface area (Å²) in [5, 5.41) is 0.592. The first-order valence-electron chi connectivity index (χ1n) is 10.1. The van der Waals surface area contributed by atoms with Gasteiger partial charge in [0.2, 0.25) is 5.91 Å². The lowest BCUT2D eigenvalue weighted by Gasteiger charge is -2.31. The van der Waals surface area contributed by atoms with Gasteiger partial charge in [-0.3, -0.25) is 19.3 Å². The number of Topliss-reactive ketones (excluding diaryl/α,β-unsaturated/α-hetero) is 1. The van der Waals surface area contributed by atoms with Crippen LogP contribution in [0.5, 0.6) is 11.5 Å². The van der Waals surface area contributed by atoms with Gasteiger partial charge in [-0.25, -0.2) is 0 Å². The van der Waals surface area contributed by atoms with Crippen molar-refractivity contribution in [2.45, 2.75) is 20.8 Å². The highest BCUT2D eigenvalue weighted by atomic mass is 35.5. The van der Waals surface area contributed by atoms with Crippen LogP contribution in [-0.2, 0) is 9.59 Å². The molecule has 164 valence electrons. The molecule has 2 aromatic carbocycles. The van der Waals surface area contributed by atoms with Crippen LogP contribution in [0.4, 0.5) is 5.69 Å². The maximum atomic E-state index is 12.7. The van der Waals surface area contributed by atoms with Gasteiger partial charge in [0.15, 0.2) is 19.0 Å². The summed E-state index contributed by atoms with van der Waals surface area (Å²) >= 11 is 5.95. The molecule has 0 spiro atoms. The molecule has 1 aliphatic heterocycles. The van der Waals surface area contributed by atoms with Crippen molar-refractivity contribution >= 4 is 34.9 Å². The average Bonchev–Trinajstić information content (AvgIpc) is 2.75. The zero-order valence-corrected chi connectivity index (χ0v) is 18.6. The highest BCUT2D eigenvalue weighted by Gasteiger charge is 2.29. The molecule has 8 heteroatoms. The van der Waals surface area contributed by atoms with Gasteiger partial charge in [0, 0.05) is 23.7 Å². The van der Waals surface area contributed by atoms with Crippen LogP contribution in [0.2, 0.25) is 5.02 Å². The molecule has 1 heterocycles. The lowest BCUT2D eigenvalue weighted by atomic mass is 10.1. The number of carbonyl (C=O) groups excluding carboxylic acids is 3. The molecule has 0 bridgehead atoms. The van der Waals surface area contributed by atoms with Crippen LogP contribution in [0.3, 0.4) is 0 Å². The van der Waals surface area contributed by atoms with Gasteiger partial charge in [-0.15, -0.1) is 0 Å². The predicted octanol–water partition coefficient (Wildman–Crippen LogP) is 3.50. The fourth-order valence-electron chi connectivity index (χ4n) is 3.36. The molecule has 0 aliphatic carbocycles. The van der Waals surface area contributed by atoms with Crippen LogP contribution in [0.1, 0.15) is 29.8 Å². The summed E-state index contributed by atoms with van der Waals surface area (Å²) in [5.41, 5.74) is 1.60. The molecular weight excluding hydrogens is 420 g/mol. The summed E-state index contributed by atoms with van der Waals surface area (Å²) in [6, 6.07) is 10.00. The summed E-state index contributed by atoms with van der Waals surface area (Å²) in [6.45, 7) is 6.30. The number of ketones is 1. The van der Waals surface area contributed by atoms with Crippen molar-refractivity contribution in [1.82, 2.24) is 4.90 Å². The summed E-state index contributed by atoms with van der Waals surface area (Å²) in [7, 11) is 0. The summed E-state index contributed by atoms with van der Waals surface area (Å²) in [6.07, 6.45) is 0. The minimum atomic E-state index is -0.328. The molecule has 0 fully saturated rings. The highest BCUT2D eigenvalue weighted by molar-refractivity contribution is 6.30. The average molecular weight is 445 g/mol. The molecule has 0 unspecified atom stereocenters. The fourth-order valence-corrected chi connectivity index (χ4v) is 3.59. The molecule has 3 rings (SSSR count). The van der Waals surface area contributed by atoms with E-state index in [1.807, 2.05) is 20.8 Å². The number of fused-ring (bicyclic) bond motifs is 1. The van der Waals surface area contributed by atoms with E-state index in [-0.39, 0.29) is 37.4 Å². The first-order valence-corrected chi connectivity index (χ1v) is 10.5. The van der Waals surface area contributed by atoms with Gasteiger partial charge in [0.25, 0.3) is 5.91 Å². The van der Waals surface area contributed by atoms with Gasteiger partial charge < -0.3 is 14.4 Å². The number of halogens is 1.